The van der Waals surface area contributed by atoms with Crippen molar-refractivity contribution in [3.05, 3.63) is 0 Å². The van der Waals surface area contributed by atoms with E-state index in [1.807, 2.05) is 0 Å². The van der Waals surface area contributed by atoms with Crippen LogP contribution in [0.4, 0.5) is 0 Å². The van der Waals surface area contributed by atoms with Crippen LogP contribution in [0.3, 0.4) is 0 Å². The van der Waals surface area contributed by atoms with Gasteiger partial charge in [0.1, 0.15) is 0 Å². The van der Waals surface area contributed by atoms with Crippen molar-refractivity contribution in [3.63, 3.8) is 0 Å². The molecule has 0 aromatic heterocycles. The van der Waals surface area contributed by atoms with Gasteiger partial charge in [-0.1, -0.05) is 0 Å². The summed E-state index contributed by atoms with van der Waals surface area (Å²) < 4.78 is 10.4. The molecule has 13 heavy (non-hydrogen) atoms. The fraction of sp³-hybridized carbons (Fsp3) is 1.00. The minimum Gasteiger partial charge on any atom is -0.379 e. The van der Waals surface area contributed by atoms with Crippen LogP contribution in [0.1, 0.15) is 12.8 Å². The van der Waals surface area contributed by atoms with Gasteiger partial charge >= 0.3 is 0 Å². The highest BCUT2D eigenvalue weighted by molar-refractivity contribution is 4.38. The van der Waals surface area contributed by atoms with Crippen molar-refractivity contribution in [2.75, 3.05) is 39.5 Å². The fourth-order valence-electron chi connectivity index (χ4n) is 0.693. The first kappa shape index (κ1) is 15.3. The van der Waals surface area contributed by atoms with E-state index in [2.05, 4.69) is 0 Å². The van der Waals surface area contributed by atoms with Gasteiger partial charge in [-0.3, -0.25) is 0 Å². The average Bonchev–Trinajstić information content (AvgIpc) is 2.10. The van der Waals surface area contributed by atoms with E-state index in [1.165, 1.54) is 0 Å². The minimum atomic E-state index is 0. The van der Waals surface area contributed by atoms with Crippen LogP contribution in [-0.4, -0.2) is 39.5 Å². The van der Waals surface area contributed by atoms with Gasteiger partial charge in [-0.25, -0.2) is 0 Å². The zero-order valence-electron chi connectivity index (χ0n) is 8.34. The van der Waals surface area contributed by atoms with Crippen LogP contribution in [0.2, 0.25) is 0 Å². The summed E-state index contributed by atoms with van der Waals surface area (Å²) in [6.07, 6.45) is 1.84. The SMILES string of the molecule is N.NCCCOCCOCCCN. The Morgan fingerprint density at radius 2 is 1.08 bits per heavy atom. The van der Waals surface area contributed by atoms with Gasteiger partial charge in [0.15, 0.2) is 0 Å². The molecule has 0 fully saturated rings. The maximum absolute atomic E-state index is 5.28. The van der Waals surface area contributed by atoms with Gasteiger partial charge in [0, 0.05) is 13.2 Å². The van der Waals surface area contributed by atoms with Crippen molar-refractivity contribution in [1.82, 2.24) is 6.15 Å². The summed E-state index contributed by atoms with van der Waals surface area (Å²) in [6.45, 7) is 4.16. The molecule has 0 bridgehead atoms. The first-order valence-corrected chi connectivity index (χ1v) is 4.47. The van der Waals surface area contributed by atoms with Crippen molar-refractivity contribution in [3.8, 4) is 0 Å². The third-order valence-corrected chi connectivity index (χ3v) is 1.36. The predicted octanol–water partition coefficient (Wildman–Crippen LogP) is -0.121. The summed E-state index contributed by atoms with van der Waals surface area (Å²) in [4.78, 5) is 0. The van der Waals surface area contributed by atoms with Gasteiger partial charge in [0.25, 0.3) is 0 Å². The third-order valence-electron chi connectivity index (χ3n) is 1.36. The maximum atomic E-state index is 5.28. The highest BCUT2D eigenvalue weighted by atomic mass is 16.5. The van der Waals surface area contributed by atoms with Crippen molar-refractivity contribution in [2.45, 2.75) is 12.8 Å². The van der Waals surface area contributed by atoms with Gasteiger partial charge in [-0.2, -0.15) is 0 Å². The smallest absolute Gasteiger partial charge is 0.0700 e. The second-order valence-corrected chi connectivity index (χ2v) is 2.51. The largest absolute Gasteiger partial charge is 0.379 e. The first-order valence-electron chi connectivity index (χ1n) is 4.47. The van der Waals surface area contributed by atoms with Crippen LogP contribution in [-0.2, 0) is 9.47 Å². The van der Waals surface area contributed by atoms with Crippen molar-refractivity contribution in [1.29, 1.82) is 0 Å². The van der Waals surface area contributed by atoms with Gasteiger partial charge in [-0.05, 0) is 25.9 Å². The summed E-state index contributed by atoms with van der Waals surface area (Å²) in [7, 11) is 0. The molecule has 0 radical (unpaired) electrons. The summed E-state index contributed by atoms with van der Waals surface area (Å²) >= 11 is 0. The molecule has 0 saturated heterocycles. The van der Waals surface area contributed by atoms with E-state index in [4.69, 9.17) is 20.9 Å². The molecule has 0 heterocycles. The van der Waals surface area contributed by atoms with Crippen LogP contribution in [0.15, 0.2) is 0 Å². The lowest BCUT2D eigenvalue weighted by atomic mass is 10.5. The molecule has 7 N–H and O–H groups in total. The highest BCUT2D eigenvalue weighted by Gasteiger charge is 1.88. The number of hydrogen-bond donors (Lipinski definition) is 3. The monoisotopic (exact) mass is 193 g/mol. The lowest BCUT2D eigenvalue weighted by molar-refractivity contribution is 0.0471. The second kappa shape index (κ2) is 14.3. The van der Waals surface area contributed by atoms with E-state index in [0.717, 1.165) is 26.1 Å². The summed E-state index contributed by atoms with van der Waals surface area (Å²) in [5.41, 5.74) is 10.6. The number of hydrogen-bond acceptors (Lipinski definition) is 5. The highest BCUT2D eigenvalue weighted by Crippen LogP contribution is 1.83. The molecule has 0 unspecified atom stereocenters. The molecule has 0 aromatic rings. The molecular formula is C8H23N3O2. The molecular weight excluding hydrogens is 170 g/mol. The van der Waals surface area contributed by atoms with Gasteiger partial charge in [-0.15, -0.1) is 0 Å². The second-order valence-electron chi connectivity index (χ2n) is 2.51. The van der Waals surface area contributed by atoms with E-state index >= 15 is 0 Å². The number of ether oxygens (including phenoxy) is 2. The molecule has 0 saturated carbocycles. The average molecular weight is 193 g/mol. The quantitative estimate of drug-likeness (QED) is 0.443. The standard InChI is InChI=1S/C8H20N2O2.H3N/c9-3-1-5-11-7-8-12-6-2-4-10;/h1-10H2;1H3. The topological polar surface area (TPSA) is 106 Å². The molecule has 82 valence electrons. The van der Waals surface area contributed by atoms with Crippen LogP contribution in [0, 0.1) is 0 Å². The van der Waals surface area contributed by atoms with E-state index in [-0.39, 0.29) is 6.15 Å². The van der Waals surface area contributed by atoms with Gasteiger partial charge in [0.05, 0.1) is 13.2 Å². The lowest BCUT2D eigenvalue weighted by Gasteiger charge is -2.03. The van der Waals surface area contributed by atoms with Gasteiger partial charge < -0.3 is 27.1 Å². The van der Waals surface area contributed by atoms with Crippen LogP contribution in [0.5, 0.6) is 0 Å². The van der Waals surface area contributed by atoms with Crippen molar-refractivity contribution >= 4 is 0 Å². The van der Waals surface area contributed by atoms with E-state index < -0.39 is 0 Å². The molecule has 0 aromatic carbocycles. The summed E-state index contributed by atoms with van der Waals surface area (Å²) in [5, 5.41) is 0. The Hall–Kier alpha value is -0.200. The summed E-state index contributed by atoms with van der Waals surface area (Å²) in [5.74, 6) is 0. The third kappa shape index (κ3) is 14.6. The van der Waals surface area contributed by atoms with E-state index in [0.29, 0.717) is 26.3 Å². The Morgan fingerprint density at radius 3 is 1.38 bits per heavy atom. The van der Waals surface area contributed by atoms with Gasteiger partial charge in [0.2, 0.25) is 0 Å². The van der Waals surface area contributed by atoms with Crippen LogP contribution in [0.25, 0.3) is 0 Å². The zero-order chi connectivity index (χ0) is 9.07. The minimum absolute atomic E-state index is 0. The zero-order valence-corrected chi connectivity index (χ0v) is 8.34. The summed E-state index contributed by atoms with van der Waals surface area (Å²) in [6, 6.07) is 0. The molecule has 0 aliphatic rings. The van der Waals surface area contributed by atoms with Crippen LogP contribution < -0.4 is 17.6 Å². The molecule has 0 amide bonds. The molecule has 0 atom stereocenters. The van der Waals surface area contributed by atoms with Crippen molar-refractivity contribution in [2.24, 2.45) is 11.5 Å². The van der Waals surface area contributed by atoms with Crippen LogP contribution >= 0.6 is 0 Å². The molecule has 0 rings (SSSR count). The predicted molar refractivity (Wildman–Crippen MR) is 54.0 cm³/mol. The fourth-order valence-corrected chi connectivity index (χ4v) is 0.693. The molecule has 5 heteroatoms. The molecule has 5 nitrogen and oxygen atoms in total. The first-order chi connectivity index (χ1) is 5.91. The Bertz CT molecular complexity index is 73.8. The molecule has 0 aliphatic heterocycles. The normalized spacial score (nSPS) is 9.69. The number of rotatable bonds is 9. The Morgan fingerprint density at radius 1 is 0.692 bits per heavy atom. The lowest BCUT2D eigenvalue weighted by Crippen LogP contribution is -2.10. The molecule has 0 aliphatic carbocycles. The Labute approximate surface area is 80.3 Å². The van der Waals surface area contributed by atoms with Crippen molar-refractivity contribution < 1.29 is 9.47 Å². The van der Waals surface area contributed by atoms with E-state index in [1.54, 1.807) is 0 Å². The Kier molecular flexibility index (Phi) is 16.8. The Balaban J connectivity index is 0. The number of nitrogens with two attached hydrogens (primary N) is 2. The molecule has 0 spiro atoms. The van der Waals surface area contributed by atoms with E-state index in [9.17, 15) is 0 Å². The maximum Gasteiger partial charge on any atom is 0.0700 e.